The Balaban J connectivity index is 1.56. The second-order valence-corrected chi connectivity index (χ2v) is 7.31. The van der Waals surface area contributed by atoms with Crippen molar-refractivity contribution in [1.29, 1.82) is 0 Å². The summed E-state index contributed by atoms with van der Waals surface area (Å²) in [5.41, 5.74) is 5.23. The molecule has 1 fully saturated rings. The van der Waals surface area contributed by atoms with Crippen LogP contribution in [0.1, 0.15) is 35.4 Å². The Kier molecular flexibility index (Phi) is 4.80. The number of rotatable bonds is 6. The molecule has 0 unspecified atom stereocenters. The van der Waals surface area contributed by atoms with E-state index >= 15 is 0 Å². The van der Waals surface area contributed by atoms with Crippen molar-refractivity contribution in [3.8, 4) is 5.69 Å². The highest BCUT2D eigenvalue weighted by molar-refractivity contribution is 5.80. The number of para-hydroxylation sites is 1. The molecule has 0 saturated heterocycles. The standard InChI is InChI=1S/C23H25N3O/c1-17-22(18(2)26(24-17)21-11-7-4-8-12-21)15-23(27)25(20-13-14-20)16-19-9-5-3-6-10-19/h3-12,20H,13-16H2,1-2H3. The molecule has 1 aromatic heterocycles. The quantitative estimate of drug-likeness (QED) is 0.661. The van der Waals surface area contributed by atoms with E-state index in [9.17, 15) is 4.79 Å². The van der Waals surface area contributed by atoms with E-state index in [1.54, 1.807) is 0 Å². The van der Waals surface area contributed by atoms with E-state index in [-0.39, 0.29) is 5.91 Å². The molecule has 4 heteroatoms. The first-order valence-corrected chi connectivity index (χ1v) is 9.57. The average molecular weight is 359 g/mol. The van der Waals surface area contributed by atoms with Gasteiger partial charge in [-0.05, 0) is 44.4 Å². The molecule has 1 aliphatic carbocycles. The molecule has 1 aliphatic rings. The van der Waals surface area contributed by atoms with Gasteiger partial charge in [0.05, 0.1) is 17.8 Å². The molecule has 1 amide bonds. The zero-order valence-corrected chi connectivity index (χ0v) is 15.9. The van der Waals surface area contributed by atoms with E-state index in [2.05, 4.69) is 17.2 Å². The third kappa shape index (κ3) is 3.80. The lowest BCUT2D eigenvalue weighted by molar-refractivity contribution is -0.131. The predicted molar refractivity (Wildman–Crippen MR) is 107 cm³/mol. The first-order valence-electron chi connectivity index (χ1n) is 9.57. The highest BCUT2D eigenvalue weighted by atomic mass is 16.2. The third-order valence-corrected chi connectivity index (χ3v) is 5.27. The van der Waals surface area contributed by atoms with Crippen molar-refractivity contribution in [2.45, 2.75) is 45.7 Å². The minimum absolute atomic E-state index is 0.195. The smallest absolute Gasteiger partial charge is 0.227 e. The summed E-state index contributed by atoms with van der Waals surface area (Å²) < 4.78 is 1.94. The first-order chi connectivity index (χ1) is 13.1. The Morgan fingerprint density at radius 1 is 1.04 bits per heavy atom. The average Bonchev–Trinajstić information content (AvgIpc) is 3.50. The Bertz CT molecular complexity index is 927. The van der Waals surface area contributed by atoms with Crippen molar-refractivity contribution >= 4 is 5.91 Å². The highest BCUT2D eigenvalue weighted by Crippen LogP contribution is 2.29. The fourth-order valence-electron chi connectivity index (χ4n) is 3.59. The van der Waals surface area contributed by atoms with E-state index < -0.39 is 0 Å². The van der Waals surface area contributed by atoms with Crippen LogP contribution in [0.5, 0.6) is 0 Å². The maximum Gasteiger partial charge on any atom is 0.227 e. The van der Waals surface area contributed by atoms with Crippen molar-refractivity contribution in [2.75, 3.05) is 0 Å². The van der Waals surface area contributed by atoms with Crippen LogP contribution >= 0.6 is 0 Å². The second kappa shape index (κ2) is 7.39. The lowest BCUT2D eigenvalue weighted by atomic mass is 10.1. The molecule has 4 rings (SSSR count). The first kappa shape index (κ1) is 17.5. The summed E-state index contributed by atoms with van der Waals surface area (Å²) >= 11 is 0. The summed E-state index contributed by atoms with van der Waals surface area (Å²) in [6.45, 7) is 4.73. The van der Waals surface area contributed by atoms with Gasteiger partial charge in [-0.2, -0.15) is 5.10 Å². The SMILES string of the molecule is Cc1nn(-c2ccccc2)c(C)c1CC(=O)N(Cc1ccccc1)C1CC1. The van der Waals surface area contributed by atoms with Gasteiger partial charge in [0.15, 0.2) is 0 Å². The molecule has 0 atom stereocenters. The van der Waals surface area contributed by atoms with Gasteiger partial charge in [0.25, 0.3) is 0 Å². The number of aryl methyl sites for hydroxylation is 1. The minimum atomic E-state index is 0.195. The number of carbonyl (C=O) groups excluding carboxylic acids is 1. The molecule has 0 spiro atoms. The summed E-state index contributed by atoms with van der Waals surface area (Å²) in [7, 11) is 0. The predicted octanol–water partition coefficient (Wildman–Crippen LogP) is 4.22. The lowest BCUT2D eigenvalue weighted by Crippen LogP contribution is -2.34. The van der Waals surface area contributed by atoms with Crippen molar-refractivity contribution in [3.63, 3.8) is 0 Å². The van der Waals surface area contributed by atoms with E-state index in [1.165, 1.54) is 5.56 Å². The van der Waals surface area contributed by atoms with Crippen LogP contribution in [-0.4, -0.2) is 26.6 Å². The maximum atomic E-state index is 13.1. The largest absolute Gasteiger partial charge is 0.335 e. The van der Waals surface area contributed by atoms with Gasteiger partial charge < -0.3 is 4.90 Å². The molecular weight excluding hydrogens is 334 g/mol. The van der Waals surface area contributed by atoms with Gasteiger partial charge in [-0.1, -0.05) is 48.5 Å². The Labute approximate surface area is 160 Å². The Morgan fingerprint density at radius 3 is 2.30 bits per heavy atom. The summed E-state index contributed by atoms with van der Waals surface area (Å²) in [6, 6.07) is 20.7. The van der Waals surface area contributed by atoms with Crippen molar-refractivity contribution < 1.29 is 4.79 Å². The Morgan fingerprint density at radius 2 is 1.67 bits per heavy atom. The van der Waals surface area contributed by atoms with Gasteiger partial charge in [0.2, 0.25) is 5.91 Å². The van der Waals surface area contributed by atoms with E-state index in [0.29, 0.717) is 19.0 Å². The maximum absolute atomic E-state index is 13.1. The molecule has 1 saturated carbocycles. The zero-order valence-electron chi connectivity index (χ0n) is 15.9. The molecule has 0 N–H and O–H groups in total. The topological polar surface area (TPSA) is 38.1 Å². The number of hydrogen-bond acceptors (Lipinski definition) is 2. The van der Waals surface area contributed by atoms with Gasteiger partial charge in [-0.3, -0.25) is 4.79 Å². The summed E-state index contributed by atoms with van der Waals surface area (Å²) in [5, 5.41) is 4.68. The monoisotopic (exact) mass is 359 g/mol. The van der Waals surface area contributed by atoms with Gasteiger partial charge in [0.1, 0.15) is 0 Å². The lowest BCUT2D eigenvalue weighted by Gasteiger charge is -2.23. The van der Waals surface area contributed by atoms with Crippen LogP contribution in [0.15, 0.2) is 60.7 Å². The molecule has 0 aliphatic heterocycles. The number of aromatic nitrogens is 2. The number of hydrogen-bond donors (Lipinski definition) is 0. The highest BCUT2D eigenvalue weighted by Gasteiger charge is 2.33. The second-order valence-electron chi connectivity index (χ2n) is 7.31. The van der Waals surface area contributed by atoms with Crippen LogP contribution in [0, 0.1) is 13.8 Å². The van der Waals surface area contributed by atoms with Crippen molar-refractivity contribution in [3.05, 3.63) is 83.2 Å². The summed E-state index contributed by atoms with van der Waals surface area (Å²) in [4.78, 5) is 15.2. The number of amides is 1. The van der Waals surface area contributed by atoms with Crippen LogP contribution in [-0.2, 0) is 17.8 Å². The molecule has 27 heavy (non-hydrogen) atoms. The van der Waals surface area contributed by atoms with Gasteiger partial charge in [-0.25, -0.2) is 4.68 Å². The fraction of sp³-hybridized carbons (Fsp3) is 0.304. The van der Waals surface area contributed by atoms with Crippen LogP contribution in [0.4, 0.5) is 0 Å². The fourth-order valence-corrected chi connectivity index (χ4v) is 3.59. The number of nitrogens with zero attached hydrogens (tertiary/aromatic N) is 3. The van der Waals surface area contributed by atoms with Gasteiger partial charge in [-0.15, -0.1) is 0 Å². The summed E-state index contributed by atoms with van der Waals surface area (Å²) in [5.74, 6) is 0.195. The molecular formula is C23H25N3O. The molecule has 1 heterocycles. The van der Waals surface area contributed by atoms with Crippen LogP contribution in [0.2, 0.25) is 0 Å². The van der Waals surface area contributed by atoms with E-state index in [0.717, 1.165) is 35.5 Å². The van der Waals surface area contributed by atoms with E-state index in [4.69, 9.17) is 0 Å². The van der Waals surface area contributed by atoms with Gasteiger partial charge in [0, 0.05) is 23.8 Å². The molecule has 0 radical (unpaired) electrons. The molecule has 4 nitrogen and oxygen atoms in total. The van der Waals surface area contributed by atoms with Crippen molar-refractivity contribution in [1.82, 2.24) is 14.7 Å². The molecule has 0 bridgehead atoms. The minimum Gasteiger partial charge on any atom is -0.335 e. The molecule has 2 aromatic carbocycles. The zero-order chi connectivity index (χ0) is 18.8. The molecule has 3 aromatic rings. The number of benzene rings is 2. The normalized spacial score (nSPS) is 13.6. The van der Waals surface area contributed by atoms with Crippen molar-refractivity contribution in [2.24, 2.45) is 0 Å². The molecule has 138 valence electrons. The van der Waals surface area contributed by atoms with Crippen LogP contribution in [0.25, 0.3) is 5.69 Å². The van der Waals surface area contributed by atoms with Gasteiger partial charge >= 0.3 is 0 Å². The number of carbonyl (C=O) groups is 1. The van der Waals surface area contributed by atoms with Crippen LogP contribution < -0.4 is 0 Å². The summed E-state index contributed by atoms with van der Waals surface area (Å²) in [6.07, 6.45) is 2.63. The Hall–Kier alpha value is -2.88. The van der Waals surface area contributed by atoms with E-state index in [1.807, 2.05) is 72.0 Å². The third-order valence-electron chi connectivity index (χ3n) is 5.27. The van der Waals surface area contributed by atoms with Crippen LogP contribution in [0.3, 0.4) is 0 Å².